The summed E-state index contributed by atoms with van der Waals surface area (Å²) >= 11 is 0. The Labute approximate surface area is 106 Å². The van der Waals surface area contributed by atoms with E-state index in [1.165, 1.54) is 16.3 Å². The van der Waals surface area contributed by atoms with Gasteiger partial charge in [-0.3, -0.25) is 0 Å². The minimum atomic E-state index is 0.566. The van der Waals surface area contributed by atoms with Crippen LogP contribution in [0.4, 0.5) is 5.82 Å². The Bertz CT molecular complexity index is 712. The molecule has 1 aromatic heterocycles. The highest BCUT2D eigenvalue weighted by molar-refractivity contribution is 5.97. The number of anilines is 1. The molecule has 0 aliphatic carbocycles. The number of nitrogens with two attached hydrogens (primary N) is 1. The highest BCUT2D eigenvalue weighted by Gasteiger charge is 2.06. The molecule has 0 bridgehead atoms. The van der Waals surface area contributed by atoms with Gasteiger partial charge < -0.3 is 5.73 Å². The summed E-state index contributed by atoms with van der Waals surface area (Å²) in [6, 6.07) is 18.6. The third-order valence-electron chi connectivity index (χ3n) is 3.19. The Hall–Kier alpha value is -2.35. The van der Waals surface area contributed by atoms with Gasteiger partial charge in [0, 0.05) is 11.3 Å². The first-order chi connectivity index (χ1) is 8.75. The molecular weight excluding hydrogens is 220 g/mol. The molecular formula is C16H14N2. The minimum absolute atomic E-state index is 0.566. The molecule has 2 N–H and O–H groups in total. The summed E-state index contributed by atoms with van der Waals surface area (Å²) in [5, 5.41) is 2.49. The fourth-order valence-corrected chi connectivity index (χ4v) is 2.33. The van der Waals surface area contributed by atoms with E-state index in [9.17, 15) is 0 Å². The van der Waals surface area contributed by atoms with Crippen molar-refractivity contribution >= 4 is 16.6 Å². The van der Waals surface area contributed by atoms with Crippen molar-refractivity contribution in [1.82, 2.24) is 4.98 Å². The number of aromatic nitrogens is 1. The summed E-state index contributed by atoms with van der Waals surface area (Å²) < 4.78 is 0. The third-order valence-corrected chi connectivity index (χ3v) is 3.19. The molecule has 2 nitrogen and oxygen atoms in total. The van der Waals surface area contributed by atoms with E-state index in [2.05, 4.69) is 47.4 Å². The highest BCUT2D eigenvalue weighted by Crippen LogP contribution is 2.30. The van der Waals surface area contributed by atoms with Crippen LogP contribution in [0, 0.1) is 6.92 Å². The third kappa shape index (κ3) is 1.72. The molecule has 0 aliphatic heterocycles. The van der Waals surface area contributed by atoms with Crippen molar-refractivity contribution in [1.29, 1.82) is 0 Å². The Morgan fingerprint density at radius 2 is 1.61 bits per heavy atom. The van der Waals surface area contributed by atoms with Crippen LogP contribution in [0.1, 0.15) is 5.69 Å². The van der Waals surface area contributed by atoms with Crippen molar-refractivity contribution in [2.75, 3.05) is 5.73 Å². The van der Waals surface area contributed by atoms with Crippen LogP contribution < -0.4 is 5.73 Å². The van der Waals surface area contributed by atoms with Crippen LogP contribution in [0.25, 0.3) is 21.9 Å². The van der Waals surface area contributed by atoms with Gasteiger partial charge in [0.15, 0.2) is 0 Å². The van der Waals surface area contributed by atoms with Gasteiger partial charge >= 0.3 is 0 Å². The number of benzene rings is 2. The second kappa shape index (κ2) is 4.15. The number of rotatable bonds is 1. The smallest absolute Gasteiger partial charge is 0.123 e. The number of hydrogen-bond donors (Lipinski definition) is 1. The van der Waals surface area contributed by atoms with E-state index < -0.39 is 0 Å². The summed E-state index contributed by atoms with van der Waals surface area (Å²) in [5.41, 5.74) is 9.02. The first-order valence-electron chi connectivity index (χ1n) is 5.97. The van der Waals surface area contributed by atoms with Gasteiger partial charge in [0.2, 0.25) is 0 Å². The molecule has 0 saturated carbocycles. The van der Waals surface area contributed by atoms with Crippen molar-refractivity contribution in [3.8, 4) is 11.1 Å². The van der Waals surface area contributed by atoms with Crippen molar-refractivity contribution < 1.29 is 0 Å². The van der Waals surface area contributed by atoms with E-state index in [0.29, 0.717) is 5.82 Å². The zero-order valence-corrected chi connectivity index (χ0v) is 10.2. The quantitative estimate of drug-likeness (QED) is 0.695. The molecule has 18 heavy (non-hydrogen) atoms. The molecule has 2 heteroatoms. The van der Waals surface area contributed by atoms with Crippen LogP contribution in [0.15, 0.2) is 54.6 Å². The standard InChI is InChI=1S/C16H14N2/c1-11-13(9-10-16(17)18-11)15-8-4-6-12-5-2-3-7-14(12)15/h2-10H,1H3,(H2,17,18). The number of fused-ring (bicyclic) bond motifs is 1. The zero-order chi connectivity index (χ0) is 12.5. The molecule has 2 aromatic carbocycles. The second-order valence-electron chi connectivity index (χ2n) is 4.40. The van der Waals surface area contributed by atoms with E-state index >= 15 is 0 Å². The SMILES string of the molecule is Cc1nc(N)ccc1-c1cccc2ccccc12. The summed E-state index contributed by atoms with van der Waals surface area (Å²) in [7, 11) is 0. The van der Waals surface area contributed by atoms with E-state index in [4.69, 9.17) is 5.73 Å². The van der Waals surface area contributed by atoms with Gasteiger partial charge in [-0.25, -0.2) is 4.98 Å². The lowest BCUT2D eigenvalue weighted by Crippen LogP contribution is -1.94. The Kier molecular flexibility index (Phi) is 2.49. The normalized spacial score (nSPS) is 10.7. The van der Waals surface area contributed by atoms with E-state index in [0.717, 1.165) is 11.3 Å². The van der Waals surface area contributed by atoms with E-state index in [1.54, 1.807) is 0 Å². The van der Waals surface area contributed by atoms with Crippen LogP contribution in [-0.4, -0.2) is 4.98 Å². The maximum absolute atomic E-state index is 5.71. The first-order valence-corrected chi connectivity index (χ1v) is 5.97. The van der Waals surface area contributed by atoms with Crippen molar-refractivity contribution in [3.63, 3.8) is 0 Å². The Morgan fingerprint density at radius 3 is 2.44 bits per heavy atom. The molecule has 0 amide bonds. The molecule has 0 saturated heterocycles. The van der Waals surface area contributed by atoms with Crippen molar-refractivity contribution in [2.24, 2.45) is 0 Å². The molecule has 3 aromatic rings. The largest absolute Gasteiger partial charge is 0.384 e. The van der Waals surface area contributed by atoms with Crippen molar-refractivity contribution in [3.05, 3.63) is 60.3 Å². The minimum Gasteiger partial charge on any atom is -0.384 e. The lowest BCUT2D eigenvalue weighted by atomic mass is 9.97. The fourth-order valence-electron chi connectivity index (χ4n) is 2.33. The predicted octanol–water partition coefficient (Wildman–Crippen LogP) is 3.79. The topological polar surface area (TPSA) is 38.9 Å². The first kappa shape index (κ1) is 10.8. The molecule has 0 radical (unpaired) electrons. The summed E-state index contributed by atoms with van der Waals surface area (Å²) in [4.78, 5) is 4.33. The molecule has 88 valence electrons. The highest BCUT2D eigenvalue weighted by atomic mass is 14.8. The zero-order valence-electron chi connectivity index (χ0n) is 10.2. The molecule has 0 spiro atoms. The van der Waals surface area contributed by atoms with Crippen LogP contribution in [-0.2, 0) is 0 Å². The number of aryl methyl sites for hydroxylation is 1. The molecule has 1 heterocycles. The van der Waals surface area contributed by atoms with Crippen LogP contribution in [0.5, 0.6) is 0 Å². The Morgan fingerprint density at radius 1 is 0.833 bits per heavy atom. The predicted molar refractivity (Wildman–Crippen MR) is 76.3 cm³/mol. The molecule has 0 unspecified atom stereocenters. The number of hydrogen-bond acceptors (Lipinski definition) is 2. The van der Waals surface area contributed by atoms with Gasteiger partial charge in [0.25, 0.3) is 0 Å². The molecule has 0 aliphatic rings. The van der Waals surface area contributed by atoms with Gasteiger partial charge in [-0.15, -0.1) is 0 Å². The van der Waals surface area contributed by atoms with Gasteiger partial charge in [-0.2, -0.15) is 0 Å². The van der Waals surface area contributed by atoms with Crippen molar-refractivity contribution in [2.45, 2.75) is 6.92 Å². The van der Waals surface area contributed by atoms with Crippen LogP contribution >= 0.6 is 0 Å². The maximum atomic E-state index is 5.71. The maximum Gasteiger partial charge on any atom is 0.123 e. The van der Waals surface area contributed by atoms with Gasteiger partial charge in [0.05, 0.1) is 0 Å². The fraction of sp³-hybridized carbons (Fsp3) is 0.0625. The molecule has 3 rings (SSSR count). The average Bonchev–Trinajstić information content (AvgIpc) is 2.38. The van der Waals surface area contributed by atoms with Crippen LogP contribution in [0.2, 0.25) is 0 Å². The molecule has 0 atom stereocenters. The lowest BCUT2D eigenvalue weighted by molar-refractivity contribution is 1.21. The second-order valence-corrected chi connectivity index (χ2v) is 4.40. The number of pyridine rings is 1. The molecule has 0 fully saturated rings. The summed E-state index contributed by atoms with van der Waals surface area (Å²) in [5.74, 6) is 0.566. The average molecular weight is 234 g/mol. The summed E-state index contributed by atoms with van der Waals surface area (Å²) in [6.45, 7) is 1.99. The summed E-state index contributed by atoms with van der Waals surface area (Å²) in [6.07, 6.45) is 0. The van der Waals surface area contributed by atoms with Gasteiger partial charge in [0.1, 0.15) is 5.82 Å². The number of nitrogens with zero attached hydrogens (tertiary/aromatic N) is 1. The lowest BCUT2D eigenvalue weighted by Gasteiger charge is -2.09. The number of nitrogen functional groups attached to an aromatic ring is 1. The monoisotopic (exact) mass is 234 g/mol. The Balaban J connectivity index is 2.31. The van der Waals surface area contributed by atoms with E-state index in [1.807, 2.05) is 19.1 Å². The van der Waals surface area contributed by atoms with E-state index in [-0.39, 0.29) is 0 Å². The van der Waals surface area contributed by atoms with Gasteiger partial charge in [-0.05, 0) is 35.4 Å². The van der Waals surface area contributed by atoms with Gasteiger partial charge in [-0.1, -0.05) is 42.5 Å². The van der Waals surface area contributed by atoms with Crippen LogP contribution in [0.3, 0.4) is 0 Å².